The van der Waals surface area contributed by atoms with Gasteiger partial charge in [0.2, 0.25) is 0 Å². The van der Waals surface area contributed by atoms with Crippen LogP contribution in [-0.2, 0) is 24.5 Å². The van der Waals surface area contributed by atoms with Crippen molar-refractivity contribution in [2.45, 2.75) is 33.6 Å². The average Bonchev–Trinajstić information content (AvgIpc) is 2.66. The van der Waals surface area contributed by atoms with Gasteiger partial charge in [0, 0.05) is 11.0 Å². The number of nitrogens with zero attached hydrogens (tertiary/aromatic N) is 2. The van der Waals surface area contributed by atoms with Gasteiger partial charge < -0.3 is 4.74 Å². The number of hydrogen-bond acceptors (Lipinski definition) is 2. The zero-order valence-electron chi connectivity index (χ0n) is 11.0. The lowest BCUT2D eigenvalue weighted by molar-refractivity contribution is 0.101. The molecule has 0 aliphatic rings. The first-order valence-electron chi connectivity index (χ1n) is 6.15. The van der Waals surface area contributed by atoms with Crippen LogP contribution in [0.5, 0.6) is 0 Å². The van der Waals surface area contributed by atoms with Gasteiger partial charge in [0.1, 0.15) is 0 Å². The summed E-state index contributed by atoms with van der Waals surface area (Å²) in [7, 11) is 0. The van der Waals surface area contributed by atoms with E-state index in [4.69, 9.17) is 4.74 Å². The molecule has 0 aliphatic heterocycles. The molecule has 0 radical (unpaired) electrons. The van der Waals surface area contributed by atoms with E-state index in [2.05, 4.69) is 56.0 Å². The fraction of sp³-hybridized carbons (Fsp3) is 0.357. The van der Waals surface area contributed by atoms with Crippen molar-refractivity contribution < 1.29 is 4.74 Å². The van der Waals surface area contributed by atoms with Crippen molar-refractivity contribution in [1.82, 2.24) is 9.78 Å². The van der Waals surface area contributed by atoms with Crippen LogP contribution < -0.4 is 0 Å². The van der Waals surface area contributed by atoms with Crippen LogP contribution in [0.2, 0.25) is 0 Å². The number of ether oxygens (including phenoxy) is 1. The monoisotopic (exact) mass is 386 g/mol. The number of hydrogen-bond donors (Lipinski definition) is 0. The Morgan fingerprint density at radius 2 is 2.05 bits per heavy atom. The van der Waals surface area contributed by atoms with Gasteiger partial charge in [-0.2, -0.15) is 5.10 Å². The van der Waals surface area contributed by atoms with Gasteiger partial charge in [-0.05, 0) is 47.5 Å². The molecular weight excluding hydrogens is 372 g/mol. The first-order valence-corrected chi connectivity index (χ1v) is 7.74. The molecule has 0 atom stereocenters. The Kier molecular flexibility index (Phi) is 5.19. The lowest BCUT2D eigenvalue weighted by Gasteiger charge is -2.07. The van der Waals surface area contributed by atoms with Crippen molar-refractivity contribution in [2.24, 2.45) is 0 Å². The molecule has 0 bridgehead atoms. The lowest BCUT2D eigenvalue weighted by Crippen LogP contribution is -2.05. The maximum absolute atomic E-state index is 5.79. The Morgan fingerprint density at radius 1 is 1.26 bits per heavy atom. The van der Waals surface area contributed by atoms with Gasteiger partial charge in [-0.3, -0.25) is 4.68 Å². The van der Waals surface area contributed by atoms with E-state index in [1.165, 1.54) is 0 Å². The second-order valence-electron chi connectivity index (χ2n) is 4.28. The number of benzene rings is 1. The molecule has 2 rings (SSSR count). The molecule has 0 fully saturated rings. The fourth-order valence-corrected chi connectivity index (χ4v) is 2.74. The van der Waals surface area contributed by atoms with E-state index >= 15 is 0 Å². The molecular formula is C14H16Br2N2O. The van der Waals surface area contributed by atoms with Crippen LogP contribution in [0, 0.1) is 6.92 Å². The first kappa shape index (κ1) is 14.8. The van der Waals surface area contributed by atoms with Crippen molar-refractivity contribution >= 4 is 31.9 Å². The predicted molar refractivity (Wildman–Crippen MR) is 83.0 cm³/mol. The van der Waals surface area contributed by atoms with Crippen LogP contribution >= 0.6 is 31.9 Å². The standard InChI is InChI=1S/C14H16Br2N2O/c1-3-18-13(14(16)10(2)17-18)9-19-8-11-5-4-6-12(15)7-11/h4-7H,3,8-9H2,1-2H3. The van der Waals surface area contributed by atoms with E-state index in [1.54, 1.807) is 0 Å². The second kappa shape index (κ2) is 6.68. The molecule has 102 valence electrons. The van der Waals surface area contributed by atoms with E-state index in [9.17, 15) is 0 Å². The van der Waals surface area contributed by atoms with Crippen LogP contribution in [-0.4, -0.2) is 9.78 Å². The first-order chi connectivity index (χ1) is 9.11. The summed E-state index contributed by atoms with van der Waals surface area (Å²) in [6.07, 6.45) is 0. The highest BCUT2D eigenvalue weighted by Gasteiger charge is 2.11. The van der Waals surface area contributed by atoms with E-state index in [1.807, 2.05) is 23.7 Å². The smallest absolute Gasteiger partial charge is 0.0900 e. The van der Waals surface area contributed by atoms with Crippen molar-refractivity contribution in [1.29, 1.82) is 0 Å². The number of aryl methyl sites for hydroxylation is 2. The van der Waals surface area contributed by atoms with Crippen molar-refractivity contribution in [2.75, 3.05) is 0 Å². The Morgan fingerprint density at radius 3 is 2.74 bits per heavy atom. The molecule has 0 spiro atoms. The molecule has 5 heteroatoms. The molecule has 1 aromatic carbocycles. The maximum Gasteiger partial charge on any atom is 0.0900 e. The van der Waals surface area contributed by atoms with Gasteiger partial charge in [-0.25, -0.2) is 0 Å². The van der Waals surface area contributed by atoms with Gasteiger partial charge in [-0.15, -0.1) is 0 Å². The summed E-state index contributed by atoms with van der Waals surface area (Å²) in [6.45, 7) is 6.08. The topological polar surface area (TPSA) is 27.1 Å². The second-order valence-corrected chi connectivity index (χ2v) is 5.99. The Labute approximate surface area is 130 Å². The highest BCUT2D eigenvalue weighted by molar-refractivity contribution is 9.10. The molecule has 1 aromatic heterocycles. The van der Waals surface area contributed by atoms with E-state index in [0.29, 0.717) is 13.2 Å². The molecule has 0 N–H and O–H groups in total. The van der Waals surface area contributed by atoms with Crippen LogP contribution in [0.3, 0.4) is 0 Å². The lowest BCUT2D eigenvalue weighted by atomic mass is 10.2. The quantitative estimate of drug-likeness (QED) is 0.757. The van der Waals surface area contributed by atoms with Crippen molar-refractivity contribution in [3.63, 3.8) is 0 Å². The van der Waals surface area contributed by atoms with Gasteiger partial charge >= 0.3 is 0 Å². The largest absolute Gasteiger partial charge is 0.370 e. The van der Waals surface area contributed by atoms with Crippen LogP contribution in [0.15, 0.2) is 33.2 Å². The third kappa shape index (κ3) is 3.68. The van der Waals surface area contributed by atoms with Gasteiger partial charge in [0.15, 0.2) is 0 Å². The third-order valence-corrected chi connectivity index (χ3v) is 4.37. The van der Waals surface area contributed by atoms with Crippen LogP contribution in [0.4, 0.5) is 0 Å². The maximum atomic E-state index is 5.79. The Balaban J connectivity index is 1.99. The molecule has 0 unspecified atom stereocenters. The van der Waals surface area contributed by atoms with Crippen molar-refractivity contribution in [3.8, 4) is 0 Å². The summed E-state index contributed by atoms with van der Waals surface area (Å²) < 4.78 is 9.88. The van der Waals surface area contributed by atoms with Gasteiger partial charge in [0.25, 0.3) is 0 Å². The van der Waals surface area contributed by atoms with Crippen molar-refractivity contribution in [3.05, 3.63) is 50.2 Å². The fourth-order valence-electron chi connectivity index (χ4n) is 1.90. The molecule has 1 heterocycles. The highest BCUT2D eigenvalue weighted by Crippen LogP contribution is 2.22. The summed E-state index contributed by atoms with van der Waals surface area (Å²) in [5.41, 5.74) is 3.25. The summed E-state index contributed by atoms with van der Waals surface area (Å²) in [5.74, 6) is 0. The minimum atomic E-state index is 0.557. The van der Waals surface area contributed by atoms with Crippen LogP contribution in [0.25, 0.3) is 0 Å². The molecule has 0 amide bonds. The van der Waals surface area contributed by atoms with E-state index < -0.39 is 0 Å². The van der Waals surface area contributed by atoms with Gasteiger partial charge in [0.05, 0.1) is 29.1 Å². The van der Waals surface area contributed by atoms with E-state index in [-0.39, 0.29) is 0 Å². The third-order valence-electron chi connectivity index (χ3n) is 2.85. The summed E-state index contributed by atoms with van der Waals surface area (Å²) in [6, 6.07) is 8.15. The molecule has 0 saturated heterocycles. The van der Waals surface area contributed by atoms with Crippen LogP contribution in [0.1, 0.15) is 23.9 Å². The molecule has 0 aliphatic carbocycles. The SMILES string of the molecule is CCn1nc(C)c(Br)c1COCc1cccc(Br)c1. The number of halogens is 2. The number of aromatic nitrogens is 2. The number of rotatable bonds is 5. The van der Waals surface area contributed by atoms with E-state index in [0.717, 1.165) is 32.4 Å². The Bertz CT molecular complexity index is 567. The molecule has 0 saturated carbocycles. The molecule has 2 aromatic rings. The molecule has 3 nitrogen and oxygen atoms in total. The summed E-state index contributed by atoms with van der Waals surface area (Å²) in [5, 5.41) is 4.45. The zero-order chi connectivity index (χ0) is 13.8. The molecule has 19 heavy (non-hydrogen) atoms. The Hall–Kier alpha value is -0.650. The predicted octanol–water partition coefficient (Wildman–Crippen LogP) is 4.45. The average molecular weight is 388 g/mol. The normalized spacial score (nSPS) is 10.9. The minimum absolute atomic E-state index is 0.557. The summed E-state index contributed by atoms with van der Waals surface area (Å²) >= 11 is 7.03. The minimum Gasteiger partial charge on any atom is -0.370 e. The van der Waals surface area contributed by atoms with Gasteiger partial charge in [-0.1, -0.05) is 28.1 Å². The summed E-state index contributed by atoms with van der Waals surface area (Å²) in [4.78, 5) is 0. The highest BCUT2D eigenvalue weighted by atomic mass is 79.9. The zero-order valence-corrected chi connectivity index (χ0v) is 14.2.